The topological polar surface area (TPSA) is 86.5 Å². The number of amides is 1. The SMILES string of the molecule is COc1ccc2sc(N(CC3CCCO3)C(=O)Cn3cnc(C)c(C)c3=O)nc2c1. The van der Waals surface area contributed by atoms with Gasteiger partial charge in [0, 0.05) is 23.9 Å². The highest BCUT2D eigenvalue weighted by Crippen LogP contribution is 2.32. The van der Waals surface area contributed by atoms with E-state index in [1.165, 1.54) is 22.2 Å². The summed E-state index contributed by atoms with van der Waals surface area (Å²) in [5.41, 5.74) is 1.77. The molecule has 1 amide bonds. The van der Waals surface area contributed by atoms with Gasteiger partial charge in [-0.25, -0.2) is 9.97 Å². The summed E-state index contributed by atoms with van der Waals surface area (Å²) < 4.78 is 13.3. The monoisotopic (exact) mass is 428 g/mol. The van der Waals surface area contributed by atoms with Crippen molar-refractivity contribution in [1.29, 1.82) is 0 Å². The molecule has 2 aromatic heterocycles. The van der Waals surface area contributed by atoms with Gasteiger partial charge in [-0.1, -0.05) is 11.3 Å². The van der Waals surface area contributed by atoms with Crippen LogP contribution >= 0.6 is 11.3 Å². The number of hydrogen-bond donors (Lipinski definition) is 0. The summed E-state index contributed by atoms with van der Waals surface area (Å²) in [6, 6.07) is 5.65. The van der Waals surface area contributed by atoms with Crippen molar-refractivity contribution in [3.8, 4) is 5.75 Å². The molecular weight excluding hydrogens is 404 g/mol. The van der Waals surface area contributed by atoms with Crippen molar-refractivity contribution in [1.82, 2.24) is 14.5 Å². The zero-order valence-electron chi connectivity index (χ0n) is 17.3. The Labute approximate surface area is 178 Å². The van der Waals surface area contributed by atoms with Crippen molar-refractivity contribution in [3.63, 3.8) is 0 Å². The molecule has 0 aliphatic carbocycles. The Kier molecular flexibility index (Phi) is 5.83. The van der Waals surface area contributed by atoms with Crippen LogP contribution in [0.1, 0.15) is 24.1 Å². The second-order valence-corrected chi connectivity index (χ2v) is 8.37. The summed E-state index contributed by atoms with van der Waals surface area (Å²) in [6.07, 6.45) is 3.26. The lowest BCUT2D eigenvalue weighted by molar-refractivity contribution is -0.119. The summed E-state index contributed by atoms with van der Waals surface area (Å²) in [5, 5.41) is 0.587. The van der Waals surface area contributed by atoms with Gasteiger partial charge in [0.2, 0.25) is 5.91 Å². The first-order valence-electron chi connectivity index (χ1n) is 9.85. The number of nitrogens with zero attached hydrogens (tertiary/aromatic N) is 4. The molecule has 9 heteroatoms. The van der Waals surface area contributed by atoms with Gasteiger partial charge in [-0.05, 0) is 38.8 Å². The largest absolute Gasteiger partial charge is 0.497 e. The van der Waals surface area contributed by atoms with Gasteiger partial charge in [0.05, 0.1) is 36.3 Å². The van der Waals surface area contributed by atoms with Crippen molar-refractivity contribution in [2.24, 2.45) is 0 Å². The number of aromatic nitrogens is 3. The summed E-state index contributed by atoms with van der Waals surface area (Å²) in [7, 11) is 1.61. The Hall–Kier alpha value is -2.78. The van der Waals surface area contributed by atoms with E-state index in [2.05, 4.69) is 9.97 Å². The molecule has 0 saturated carbocycles. The van der Waals surface area contributed by atoms with Crippen LogP contribution in [0.25, 0.3) is 10.2 Å². The van der Waals surface area contributed by atoms with Crippen LogP contribution in [0, 0.1) is 13.8 Å². The molecule has 3 aromatic rings. The fraction of sp³-hybridized carbons (Fsp3) is 0.429. The van der Waals surface area contributed by atoms with Crippen molar-refractivity contribution in [2.75, 3.05) is 25.2 Å². The third-order valence-corrected chi connectivity index (χ3v) is 6.41. The van der Waals surface area contributed by atoms with Gasteiger partial charge in [0.1, 0.15) is 12.3 Å². The van der Waals surface area contributed by atoms with Crippen LogP contribution < -0.4 is 15.2 Å². The number of ether oxygens (including phenoxy) is 2. The first-order chi connectivity index (χ1) is 14.5. The third-order valence-electron chi connectivity index (χ3n) is 5.35. The van der Waals surface area contributed by atoms with Crippen LogP contribution in [0.4, 0.5) is 5.13 Å². The molecule has 3 heterocycles. The summed E-state index contributed by atoms with van der Waals surface area (Å²) >= 11 is 1.44. The lowest BCUT2D eigenvalue weighted by Gasteiger charge is -2.23. The molecule has 0 radical (unpaired) electrons. The van der Waals surface area contributed by atoms with Crippen molar-refractivity contribution in [2.45, 2.75) is 39.3 Å². The van der Waals surface area contributed by atoms with Gasteiger partial charge in [-0.15, -0.1) is 0 Å². The molecule has 1 fully saturated rings. The van der Waals surface area contributed by atoms with Crippen LogP contribution in [0.15, 0.2) is 29.3 Å². The smallest absolute Gasteiger partial charge is 0.256 e. The first kappa shape index (κ1) is 20.5. The zero-order chi connectivity index (χ0) is 21.3. The van der Waals surface area contributed by atoms with E-state index in [0.717, 1.165) is 23.1 Å². The molecule has 158 valence electrons. The number of anilines is 1. The molecule has 1 aliphatic heterocycles. The Balaban J connectivity index is 1.66. The molecule has 1 aromatic carbocycles. The Morgan fingerprint density at radius 2 is 2.23 bits per heavy atom. The summed E-state index contributed by atoms with van der Waals surface area (Å²) in [6.45, 7) is 4.50. The van der Waals surface area contributed by atoms with Crippen LogP contribution in [-0.2, 0) is 16.1 Å². The highest BCUT2D eigenvalue weighted by molar-refractivity contribution is 7.22. The number of hydrogen-bond acceptors (Lipinski definition) is 7. The molecule has 1 aliphatic rings. The molecule has 1 atom stereocenters. The van der Waals surface area contributed by atoms with Gasteiger partial charge in [0.25, 0.3) is 5.56 Å². The average Bonchev–Trinajstić information content (AvgIpc) is 3.41. The van der Waals surface area contributed by atoms with Crippen LogP contribution in [-0.4, -0.2) is 46.8 Å². The van der Waals surface area contributed by atoms with E-state index in [4.69, 9.17) is 9.47 Å². The summed E-state index contributed by atoms with van der Waals surface area (Å²) in [4.78, 5) is 36.3. The fourth-order valence-corrected chi connectivity index (χ4v) is 4.41. The van der Waals surface area contributed by atoms with Crippen LogP contribution in [0.3, 0.4) is 0 Å². The molecule has 1 unspecified atom stereocenters. The molecule has 0 bridgehead atoms. The number of fused-ring (bicyclic) bond motifs is 1. The highest BCUT2D eigenvalue weighted by Gasteiger charge is 2.26. The Morgan fingerprint density at radius 1 is 1.40 bits per heavy atom. The van der Waals surface area contributed by atoms with Gasteiger partial charge >= 0.3 is 0 Å². The average molecular weight is 429 g/mol. The maximum atomic E-state index is 13.3. The number of aryl methyl sites for hydroxylation is 1. The molecule has 0 spiro atoms. The van der Waals surface area contributed by atoms with Crippen molar-refractivity contribution in [3.05, 3.63) is 46.1 Å². The van der Waals surface area contributed by atoms with Gasteiger partial charge in [0.15, 0.2) is 5.13 Å². The van der Waals surface area contributed by atoms with E-state index >= 15 is 0 Å². The van der Waals surface area contributed by atoms with E-state index in [1.54, 1.807) is 25.9 Å². The Morgan fingerprint density at radius 3 is 2.97 bits per heavy atom. The molecule has 4 rings (SSSR count). The van der Waals surface area contributed by atoms with E-state index in [-0.39, 0.29) is 24.1 Å². The maximum Gasteiger partial charge on any atom is 0.256 e. The number of carbonyl (C=O) groups is 1. The van der Waals surface area contributed by atoms with Crippen molar-refractivity contribution >= 4 is 32.6 Å². The zero-order valence-corrected chi connectivity index (χ0v) is 18.1. The first-order valence-corrected chi connectivity index (χ1v) is 10.7. The molecular formula is C21H24N4O4S. The van der Waals surface area contributed by atoms with Crippen LogP contribution in [0.2, 0.25) is 0 Å². The highest BCUT2D eigenvalue weighted by atomic mass is 32.1. The van der Waals surface area contributed by atoms with E-state index in [9.17, 15) is 9.59 Å². The minimum atomic E-state index is -0.219. The quantitative estimate of drug-likeness (QED) is 0.600. The normalized spacial score (nSPS) is 16.2. The number of thiazole rings is 1. The molecule has 8 nitrogen and oxygen atoms in total. The van der Waals surface area contributed by atoms with E-state index in [1.807, 2.05) is 18.2 Å². The van der Waals surface area contributed by atoms with Gasteiger partial charge in [-0.2, -0.15) is 0 Å². The van der Waals surface area contributed by atoms with Crippen molar-refractivity contribution < 1.29 is 14.3 Å². The van der Waals surface area contributed by atoms with E-state index in [0.29, 0.717) is 35.3 Å². The lowest BCUT2D eigenvalue weighted by Crippen LogP contribution is -2.41. The number of benzene rings is 1. The predicted molar refractivity (Wildman–Crippen MR) is 115 cm³/mol. The maximum absolute atomic E-state index is 13.3. The number of carbonyl (C=O) groups excluding carboxylic acids is 1. The second kappa shape index (κ2) is 8.53. The number of methoxy groups -OCH3 is 1. The van der Waals surface area contributed by atoms with Gasteiger partial charge in [-0.3, -0.25) is 19.1 Å². The van der Waals surface area contributed by atoms with Crippen LogP contribution in [0.5, 0.6) is 5.75 Å². The number of rotatable bonds is 6. The Bertz CT molecular complexity index is 1130. The molecule has 0 N–H and O–H groups in total. The molecule has 30 heavy (non-hydrogen) atoms. The minimum absolute atomic E-state index is 0.0369. The minimum Gasteiger partial charge on any atom is -0.497 e. The second-order valence-electron chi connectivity index (χ2n) is 7.36. The summed E-state index contributed by atoms with van der Waals surface area (Å²) in [5.74, 6) is 0.493. The predicted octanol–water partition coefficient (Wildman–Crippen LogP) is 2.69. The third kappa shape index (κ3) is 4.08. The lowest BCUT2D eigenvalue weighted by atomic mass is 10.2. The van der Waals surface area contributed by atoms with Gasteiger partial charge < -0.3 is 9.47 Å². The fourth-order valence-electron chi connectivity index (χ4n) is 3.44. The van der Waals surface area contributed by atoms with E-state index < -0.39 is 0 Å². The molecule has 1 saturated heterocycles. The standard InChI is InChI=1S/C21H24N4O4S/c1-13-14(2)22-12-24(20(13)27)11-19(26)25(10-16-5-4-8-29-16)21-23-17-9-15(28-3)6-7-18(17)30-21/h6-7,9,12,16H,4-5,8,10-11H2,1-3H3.